The second-order valence-corrected chi connectivity index (χ2v) is 5.08. The second kappa shape index (κ2) is 6.12. The van der Waals surface area contributed by atoms with Gasteiger partial charge in [0.25, 0.3) is 0 Å². The number of halogens is 2. The average molecular weight is 275 g/mol. The lowest BCUT2D eigenvalue weighted by atomic mass is 10.2. The Morgan fingerprint density at radius 1 is 1.29 bits per heavy atom. The summed E-state index contributed by atoms with van der Waals surface area (Å²) >= 11 is 11.7. The summed E-state index contributed by atoms with van der Waals surface area (Å²) in [5.74, 6) is 0. The summed E-state index contributed by atoms with van der Waals surface area (Å²) in [7, 11) is 1.70. The first-order valence-electron chi connectivity index (χ1n) is 5.35. The van der Waals surface area contributed by atoms with E-state index in [2.05, 4.69) is 5.32 Å². The maximum absolute atomic E-state index is 11.9. The zero-order valence-corrected chi connectivity index (χ0v) is 11.6. The van der Waals surface area contributed by atoms with Gasteiger partial charge in [-0.25, -0.2) is 4.79 Å². The minimum atomic E-state index is -0.188. The van der Waals surface area contributed by atoms with Crippen LogP contribution in [0.25, 0.3) is 0 Å². The van der Waals surface area contributed by atoms with Gasteiger partial charge in [-0.1, -0.05) is 11.6 Å². The molecule has 1 aromatic carbocycles. The summed E-state index contributed by atoms with van der Waals surface area (Å²) in [5.41, 5.74) is 0.779. The molecule has 2 amide bonds. The molecule has 0 saturated carbocycles. The van der Waals surface area contributed by atoms with Crippen LogP contribution in [0.4, 0.5) is 10.5 Å². The van der Waals surface area contributed by atoms with Crippen molar-refractivity contribution in [3.63, 3.8) is 0 Å². The van der Waals surface area contributed by atoms with Gasteiger partial charge in [0, 0.05) is 23.8 Å². The molecule has 1 N–H and O–H groups in total. The van der Waals surface area contributed by atoms with Crippen molar-refractivity contribution in [2.24, 2.45) is 0 Å². The third kappa shape index (κ3) is 4.10. The van der Waals surface area contributed by atoms with Crippen LogP contribution in [0.5, 0.6) is 0 Å². The zero-order chi connectivity index (χ0) is 13.0. The highest BCUT2D eigenvalue weighted by atomic mass is 35.5. The maximum Gasteiger partial charge on any atom is 0.321 e. The smallest absolute Gasteiger partial charge is 0.321 e. The summed E-state index contributed by atoms with van der Waals surface area (Å²) in [6, 6.07) is 6.79. The molecule has 17 heavy (non-hydrogen) atoms. The van der Waals surface area contributed by atoms with E-state index in [4.69, 9.17) is 23.2 Å². The highest BCUT2D eigenvalue weighted by Crippen LogP contribution is 2.17. The van der Waals surface area contributed by atoms with Crippen LogP contribution in [-0.4, -0.2) is 24.5 Å². The predicted molar refractivity (Wildman–Crippen MR) is 73.2 cm³/mol. The summed E-state index contributed by atoms with van der Waals surface area (Å²) in [6.45, 7) is 3.71. The molecule has 0 fully saturated rings. The summed E-state index contributed by atoms with van der Waals surface area (Å²) in [6.07, 6.45) is 0. The lowest BCUT2D eigenvalue weighted by Gasteiger charge is -2.22. The van der Waals surface area contributed by atoms with Gasteiger partial charge in [-0.3, -0.25) is 4.90 Å². The molecule has 0 heterocycles. The third-order valence-corrected chi connectivity index (χ3v) is 3.19. The van der Waals surface area contributed by atoms with E-state index in [1.54, 1.807) is 31.3 Å². The summed E-state index contributed by atoms with van der Waals surface area (Å²) in [5, 5.41) is 3.34. The van der Waals surface area contributed by atoms with Crippen LogP contribution in [0.15, 0.2) is 24.3 Å². The van der Waals surface area contributed by atoms with Crippen LogP contribution >= 0.6 is 23.2 Å². The van der Waals surface area contributed by atoms with Gasteiger partial charge < -0.3 is 5.32 Å². The highest BCUT2D eigenvalue weighted by molar-refractivity contribution is 6.30. The number of alkyl halides is 1. The number of nitrogens with one attached hydrogen (secondary N) is 1. The molecule has 94 valence electrons. The van der Waals surface area contributed by atoms with Gasteiger partial charge in [0.15, 0.2) is 0 Å². The number of urea groups is 1. The van der Waals surface area contributed by atoms with Crippen molar-refractivity contribution in [3.8, 4) is 0 Å². The lowest BCUT2D eigenvalue weighted by Crippen LogP contribution is -2.44. The Labute approximate surface area is 112 Å². The van der Waals surface area contributed by atoms with Gasteiger partial charge in [-0.05, 0) is 38.1 Å². The molecular weight excluding hydrogens is 259 g/mol. The van der Waals surface area contributed by atoms with Gasteiger partial charge in [0.2, 0.25) is 0 Å². The van der Waals surface area contributed by atoms with Crippen LogP contribution < -0.4 is 10.2 Å². The molecule has 1 rings (SSSR count). The molecule has 0 spiro atoms. The van der Waals surface area contributed by atoms with Gasteiger partial charge in [-0.2, -0.15) is 0 Å². The quantitative estimate of drug-likeness (QED) is 0.841. The molecule has 0 aliphatic carbocycles. The monoisotopic (exact) mass is 274 g/mol. The van der Waals surface area contributed by atoms with Gasteiger partial charge in [0.1, 0.15) is 0 Å². The standard InChI is InChI=1S/C12H16Cl2N2O/c1-8(13)9(2)15-12(17)16(3)11-6-4-10(14)5-7-11/h4-9H,1-3H3,(H,15,17)/t8-,9?/m1/s1. The topological polar surface area (TPSA) is 32.3 Å². The number of hydrogen-bond acceptors (Lipinski definition) is 1. The number of amides is 2. The molecule has 0 saturated heterocycles. The molecule has 2 atom stereocenters. The van der Waals surface area contributed by atoms with Crippen molar-refractivity contribution in [1.29, 1.82) is 0 Å². The first-order valence-corrected chi connectivity index (χ1v) is 6.17. The van der Waals surface area contributed by atoms with E-state index in [0.717, 1.165) is 5.69 Å². The molecular formula is C12H16Cl2N2O. The fraction of sp³-hybridized carbons (Fsp3) is 0.417. The van der Waals surface area contributed by atoms with E-state index in [9.17, 15) is 4.79 Å². The molecule has 0 aromatic heterocycles. The number of rotatable bonds is 3. The number of carbonyl (C=O) groups is 1. The van der Waals surface area contributed by atoms with E-state index >= 15 is 0 Å². The number of hydrogen-bond donors (Lipinski definition) is 1. The van der Waals surface area contributed by atoms with Crippen LogP contribution in [0.2, 0.25) is 5.02 Å². The molecule has 0 aliphatic rings. The Morgan fingerprint density at radius 2 is 1.82 bits per heavy atom. The van der Waals surface area contributed by atoms with Gasteiger partial charge >= 0.3 is 6.03 Å². The molecule has 1 aromatic rings. The Hall–Kier alpha value is -0.930. The van der Waals surface area contributed by atoms with Crippen LogP contribution in [0.1, 0.15) is 13.8 Å². The van der Waals surface area contributed by atoms with Gasteiger partial charge in [-0.15, -0.1) is 11.6 Å². The highest BCUT2D eigenvalue weighted by Gasteiger charge is 2.16. The number of nitrogens with zero attached hydrogens (tertiary/aromatic N) is 1. The largest absolute Gasteiger partial charge is 0.334 e. The van der Waals surface area contributed by atoms with Crippen molar-refractivity contribution >= 4 is 34.9 Å². The molecule has 5 heteroatoms. The molecule has 3 nitrogen and oxygen atoms in total. The minimum Gasteiger partial charge on any atom is -0.334 e. The number of benzene rings is 1. The molecule has 1 unspecified atom stereocenters. The van der Waals surface area contributed by atoms with Crippen molar-refractivity contribution < 1.29 is 4.79 Å². The predicted octanol–water partition coefficient (Wildman–Crippen LogP) is 3.50. The fourth-order valence-electron chi connectivity index (χ4n) is 1.19. The normalized spacial score (nSPS) is 13.9. The minimum absolute atomic E-state index is 0.0843. The van der Waals surface area contributed by atoms with Crippen molar-refractivity contribution in [1.82, 2.24) is 5.32 Å². The van der Waals surface area contributed by atoms with Crippen molar-refractivity contribution in [2.75, 3.05) is 11.9 Å². The van der Waals surface area contributed by atoms with E-state index < -0.39 is 0 Å². The zero-order valence-electron chi connectivity index (χ0n) is 10.1. The van der Waals surface area contributed by atoms with E-state index in [1.165, 1.54) is 4.90 Å². The lowest BCUT2D eigenvalue weighted by molar-refractivity contribution is 0.244. The average Bonchev–Trinajstić information content (AvgIpc) is 2.28. The first kappa shape index (κ1) is 14.1. The summed E-state index contributed by atoms with van der Waals surface area (Å²) < 4.78 is 0. The third-order valence-electron chi connectivity index (χ3n) is 2.56. The van der Waals surface area contributed by atoms with Crippen molar-refractivity contribution in [3.05, 3.63) is 29.3 Å². The Morgan fingerprint density at radius 3 is 2.29 bits per heavy atom. The first-order chi connectivity index (χ1) is 7.91. The van der Waals surface area contributed by atoms with Crippen LogP contribution in [0, 0.1) is 0 Å². The molecule has 0 aliphatic heterocycles. The Kier molecular flexibility index (Phi) is 5.09. The fourth-order valence-corrected chi connectivity index (χ4v) is 1.38. The number of carbonyl (C=O) groups excluding carboxylic acids is 1. The second-order valence-electron chi connectivity index (χ2n) is 3.95. The molecule has 0 radical (unpaired) electrons. The van der Waals surface area contributed by atoms with Crippen LogP contribution in [-0.2, 0) is 0 Å². The van der Waals surface area contributed by atoms with Crippen molar-refractivity contribution in [2.45, 2.75) is 25.3 Å². The molecule has 0 bridgehead atoms. The summed E-state index contributed by atoms with van der Waals surface area (Å²) in [4.78, 5) is 13.4. The number of anilines is 1. The van der Waals surface area contributed by atoms with E-state index in [-0.39, 0.29) is 17.5 Å². The Bertz CT molecular complexity index is 379. The maximum atomic E-state index is 11.9. The van der Waals surface area contributed by atoms with Crippen LogP contribution in [0.3, 0.4) is 0 Å². The van der Waals surface area contributed by atoms with Gasteiger partial charge in [0.05, 0.1) is 5.38 Å². The SMILES string of the molecule is CC(NC(=O)N(C)c1ccc(Cl)cc1)[C@@H](C)Cl. The van der Waals surface area contributed by atoms with E-state index in [1.807, 2.05) is 13.8 Å². The van der Waals surface area contributed by atoms with E-state index in [0.29, 0.717) is 5.02 Å². The Balaban J connectivity index is 2.66.